The lowest BCUT2D eigenvalue weighted by atomic mass is 9.99. The van der Waals surface area contributed by atoms with Crippen LogP contribution in [0.5, 0.6) is 0 Å². The summed E-state index contributed by atoms with van der Waals surface area (Å²) in [5.74, 6) is -0.189. The molecule has 9 nitrogen and oxygen atoms in total. The van der Waals surface area contributed by atoms with E-state index in [1.54, 1.807) is 6.08 Å². The molecule has 1 fully saturated rings. The fourth-order valence-corrected chi connectivity index (χ4v) is 10.7. The number of amides is 1. The summed E-state index contributed by atoms with van der Waals surface area (Å²) in [6.45, 7) is 3.68. The van der Waals surface area contributed by atoms with E-state index in [0.717, 1.165) is 77.0 Å². The summed E-state index contributed by atoms with van der Waals surface area (Å²) in [6.07, 6.45) is 83.7. The number of allylic oxidation sites excluding steroid dienone is 15. The maximum absolute atomic E-state index is 13.1. The SMILES string of the molecule is CC/C=C\C/C=C\C/C=C\C/C=C\C/C=C\C/C=C\CCCCCCCCCCCCCCC(=O)NC(COC1OC(CO)C(O)C(O)C1O)C(O)/C=C/CC/C=C/CCCCCCCCCCCCCCCCCCCCCCCCC. The molecule has 1 aliphatic rings. The van der Waals surface area contributed by atoms with Gasteiger partial charge in [-0.15, -0.1) is 0 Å². The molecule has 1 rings (SSSR count). The summed E-state index contributed by atoms with van der Waals surface area (Å²) in [5.41, 5.74) is 0. The molecule has 1 aliphatic heterocycles. The third-order valence-electron chi connectivity index (χ3n) is 16.1. The fraction of sp³-hybridized carbons (Fsp3) is 0.770. The Hall–Kier alpha value is -2.89. The van der Waals surface area contributed by atoms with Crippen molar-refractivity contribution in [2.75, 3.05) is 13.2 Å². The zero-order chi connectivity index (χ0) is 60.0. The maximum atomic E-state index is 13.1. The minimum Gasteiger partial charge on any atom is -0.394 e. The third-order valence-corrected chi connectivity index (χ3v) is 16.1. The van der Waals surface area contributed by atoms with Crippen molar-refractivity contribution >= 4 is 5.91 Å². The van der Waals surface area contributed by atoms with Crippen LogP contribution in [-0.2, 0) is 14.3 Å². The van der Waals surface area contributed by atoms with Crippen LogP contribution in [-0.4, -0.2) is 87.5 Å². The van der Waals surface area contributed by atoms with E-state index in [2.05, 4.69) is 104 Å². The Kier molecular flexibility index (Phi) is 58.5. The monoisotopic (exact) mass is 1160 g/mol. The Morgan fingerprint density at radius 1 is 0.422 bits per heavy atom. The molecule has 9 heteroatoms. The zero-order valence-corrected chi connectivity index (χ0v) is 53.7. The first-order chi connectivity index (χ1) is 40.8. The van der Waals surface area contributed by atoms with E-state index in [0.29, 0.717) is 6.42 Å². The largest absolute Gasteiger partial charge is 0.394 e. The lowest BCUT2D eigenvalue weighted by Gasteiger charge is -2.40. The van der Waals surface area contributed by atoms with E-state index >= 15 is 0 Å². The molecule has 0 aromatic carbocycles. The first-order valence-electron chi connectivity index (χ1n) is 35.0. The Morgan fingerprint density at radius 2 is 0.759 bits per heavy atom. The van der Waals surface area contributed by atoms with Crippen LogP contribution in [0.15, 0.2) is 97.2 Å². The molecule has 0 saturated carbocycles. The van der Waals surface area contributed by atoms with Crippen LogP contribution in [0.4, 0.5) is 0 Å². The molecular formula is C74H131NO8. The van der Waals surface area contributed by atoms with Crippen molar-refractivity contribution < 1.29 is 39.8 Å². The molecule has 0 bridgehead atoms. The van der Waals surface area contributed by atoms with Crippen LogP contribution in [0.1, 0.15) is 309 Å². The van der Waals surface area contributed by atoms with Crippen LogP contribution >= 0.6 is 0 Å². The quantitative estimate of drug-likeness (QED) is 0.0261. The number of unbranched alkanes of at least 4 members (excludes halogenated alkanes) is 36. The zero-order valence-electron chi connectivity index (χ0n) is 53.7. The molecule has 0 spiro atoms. The van der Waals surface area contributed by atoms with Gasteiger partial charge in [-0.1, -0.05) is 317 Å². The Labute approximate surface area is 511 Å². The lowest BCUT2D eigenvalue weighted by molar-refractivity contribution is -0.302. The molecule has 480 valence electrons. The second kappa shape index (κ2) is 62.2. The second-order valence-corrected chi connectivity index (χ2v) is 23.9. The highest BCUT2D eigenvalue weighted by Gasteiger charge is 2.44. The number of rotatable bonds is 60. The van der Waals surface area contributed by atoms with Crippen molar-refractivity contribution in [3.63, 3.8) is 0 Å². The highest BCUT2D eigenvalue weighted by Crippen LogP contribution is 2.23. The molecule has 0 radical (unpaired) electrons. The normalized spacial score (nSPS) is 18.9. The minimum absolute atomic E-state index is 0.189. The van der Waals surface area contributed by atoms with Gasteiger partial charge in [0.15, 0.2) is 6.29 Å². The number of hydrogen-bond donors (Lipinski definition) is 6. The van der Waals surface area contributed by atoms with Crippen LogP contribution < -0.4 is 5.32 Å². The van der Waals surface area contributed by atoms with Crippen molar-refractivity contribution in [3.05, 3.63) is 97.2 Å². The van der Waals surface area contributed by atoms with Gasteiger partial charge in [-0.2, -0.15) is 0 Å². The smallest absolute Gasteiger partial charge is 0.220 e. The number of nitrogens with one attached hydrogen (secondary N) is 1. The van der Waals surface area contributed by atoms with Crippen molar-refractivity contribution in [1.82, 2.24) is 5.32 Å². The third kappa shape index (κ3) is 50.9. The van der Waals surface area contributed by atoms with Gasteiger partial charge in [-0.3, -0.25) is 4.79 Å². The topological polar surface area (TPSA) is 149 Å². The van der Waals surface area contributed by atoms with Crippen LogP contribution in [0, 0.1) is 0 Å². The van der Waals surface area contributed by atoms with E-state index in [1.165, 1.54) is 212 Å². The van der Waals surface area contributed by atoms with Gasteiger partial charge in [0.1, 0.15) is 24.4 Å². The Morgan fingerprint density at radius 3 is 1.16 bits per heavy atom. The van der Waals surface area contributed by atoms with Gasteiger partial charge in [0.25, 0.3) is 0 Å². The minimum atomic E-state index is -1.58. The van der Waals surface area contributed by atoms with Gasteiger partial charge in [-0.05, 0) is 83.5 Å². The molecule has 83 heavy (non-hydrogen) atoms. The van der Waals surface area contributed by atoms with Gasteiger partial charge >= 0.3 is 0 Å². The molecule has 0 aromatic rings. The number of hydrogen-bond acceptors (Lipinski definition) is 8. The van der Waals surface area contributed by atoms with Crippen LogP contribution in [0.25, 0.3) is 0 Å². The number of ether oxygens (including phenoxy) is 2. The molecule has 1 amide bonds. The van der Waals surface area contributed by atoms with Crippen molar-refractivity contribution in [2.45, 2.75) is 352 Å². The van der Waals surface area contributed by atoms with Gasteiger partial charge < -0.3 is 40.3 Å². The lowest BCUT2D eigenvalue weighted by Crippen LogP contribution is -2.60. The summed E-state index contributed by atoms with van der Waals surface area (Å²) in [5, 5.41) is 54.7. The number of aliphatic hydroxyl groups is 5. The first-order valence-corrected chi connectivity index (χ1v) is 35.0. The second-order valence-electron chi connectivity index (χ2n) is 23.9. The summed E-state index contributed by atoms with van der Waals surface area (Å²) in [4.78, 5) is 13.1. The van der Waals surface area contributed by atoms with Gasteiger partial charge in [-0.25, -0.2) is 0 Å². The predicted octanol–water partition coefficient (Wildman–Crippen LogP) is 19.1. The standard InChI is InChI=1S/C74H131NO8/c1-3-5-7-9-11-13-15-17-19-21-23-25-27-29-31-33-34-36-38-40-42-44-46-48-50-52-54-56-58-60-62-64-70(78)75-67(66-82-74-73(81)72(80)71(79)69(65-76)83-74)68(77)63-61-59-57-55-53-51-49-47-45-43-41-39-37-35-32-30-28-26-24-22-20-18-16-14-12-10-8-6-4-2/h5,7,11,13,17,19,23,25,29,31,34,36,53,55,61,63,67-69,71-74,76-77,79-81H,3-4,6,8-10,12,14-16,18,20-22,24,26-28,30,32-33,35,37-52,54,56-60,62,64-66H2,1-2H3,(H,75,78)/b7-5-,13-11-,19-17-,25-23-,31-29-,36-34-,55-53+,63-61+. The van der Waals surface area contributed by atoms with Gasteiger partial charge in [0, 0.05) is 6.42 Å². The summed E-state index contributed by atoms with van der Waals surface area (Å²) in [7, 11) is 0. The average Bonchev–Trinajstić information content (AvgIpc) is 3.61. The van der Waals surface area contributed by atoms with Crippen molar-refractivity contribution in [1.29, 1.82) is 0 Å². The van der Waals surface area contributed by atoms with E-state index in [4.69, 9.17) is 9.47 Å². The van der Waals surface area contributed by atoms with E-state index in [9.17, 15) is 30.3 Å². The Balaban J connectivity index is 2.17. The summed E-state index contributed by atoms with van der Waals surface area (Å²) >= 11 is 0. The molecule has 7 atom stereocenters. The molecule has 0 aromatic heterocycles. The summed E-state index contributed by atoms with van der Waals surface area (Å²) in [6, 6.07) is -0.831. The predicted molar refractivity (Wildman–Crippen MR) is 355 cm³/mol. The van der Waals surface area contributed by atoms with Crippen molar-refractivity contribution in [2.24, 2.45) is 0 Å². The Bertz CT molecular complexity index is 1630. The van der Waals surface area contributed by atoms with Crippen LogP contribution in [0.3, 0.4) is 0 Å². The van der Waals surface area contributed by atoms with Crippen molar-refractivity contribution in [3.8, 4) is 0 Å². The highest BCUT2D eigenvalue weighted by molar-refractivity contribution is 5.76. The molecule has 7 unspecified atom stereocenters. The van der Waals surface area contributed by atoms with E-state index in [1.807, 2.05) is 6.08 Å². The number of aliphatic hydroxyl groups excluding tert-OH is 5. The number of carbonyl (C=O) groups excluding carboxylic acids is 1. The van der Waals surface area contributed by atoms with Crippen LogP contribution in [0.2, 0.25) is 0 Å². The maximum Gasteiger partial charge on any atom is 0.220 e. The fourth-order valence-electron chi connectivity index (χ4n) is 10.7. The van der Waals surface area contributed by atoms with Gasteiger partial charge in [0.2, 0.25) is 5.91 Å². The number of carbonyl (C=O) groups is 1. The molecular weight excluding hydrogens is 1030 g/mol. The van der Waals surface area contributed by atoms with E-state index < -0.39 is 49.5 Å². The molecule has 6 N–H and O–H groups in total. The molecule has 1 saturated heterocycles. The first kappa shape index (κ1) is 78.1. The molecule has 1 heterocycles. The van der Waals surface area contributed by atoms with Gasteiger partial charge in [0.05, 0.1) is 25.4 Å². The van der Waals surface area contributed by atoms with E-state index in [-0.39, 0.29) is 12.5 Å². The summed E-state index contributed by atoms with van der Waals surface area (Å²) < 4.78 is 11.3. The average molecular weight is 1160 g/mol. The highest BCUT2D eigenvalue weighted by atomic mass is 16.7. The molecule has 0 aliphatic carbocycles.